The third-order valence-corrected chi connectivity index (χ3v) is 3.86. The first-order chi connectivity index (χ1) is 9.38. The van der Waals surface area contributed by atoms with Crippen molar-refractivity contribution in [2.45, 2.75) is 32.5 Å². The SMILES string of the molecule is CC(C)CNC(=O)N1C[C@H]2C[C@@H](C(=O)N(C)C)[C@@H](C1)O2. The largest absolute Gasteiger partial charge is 0.370 e. The van der Waals surface area contributed by atoms with Crippen molar-refractivity contribution in [1.82, 2.24) is 15.1 Å². The molecule has 0 aromatic rings. The second-order valence-electron chi connectivity index (χ2n) is 6.36. The van der Waals surface area contributed by atoms with Crippen LogP contribution in [0.3, 0.4) is 0 Å². The van der Waals surface area contributed by atoms with Gasteiger partial charge in [-0.2, -0.15) is 0 Å². The predicted octanol–water partition coefficient (Wildman–Crippen LogP) is 0.530. The van der Waals surface area contributed by atoms with Gasteiger partial charge in [-0.1, -0.05) is 13.8 Å². The zero-order chi connectivity index (χ0) is 14.9. The van der Waals surface area contributed by atoms with Crippen LogP contribution in [0, 0.1) is 11.8 Å². The van der Waals surface area contributed by atoms with Crippen molar-refractivity contribution in [2.75, 3.05) is 33.7 Å². The molecule has 0 aromatic carbocycles. The summed E-state index contributed by atoms with van der Waals surface area (Å²) < 4.78 is 5.82. The molecule has 6 nitrogen and oxygen atoms in total. The van der Waals surface area contributed by atoms with Crippen LogP contribution >= 0.6 is 0 Å². The number of morpholine rings is 1. The summed E-state index contributed by atoms with van der Waals surface area (Å²) in [4.78, 5) is 27.6. The van der Waals surface area contributed by atoms with Crippen molar-refractivity contribution in [1.29, 1.82) is 0 Å². The number of carbonyl (C=O) groups excluding carboxylic acids is 2. The number of nitrogens with one attached hydrogen (secondary N) is 1. The van der Waals surface area contributed by atoms with E-state index in [1.165, 1.54) is 0 Å². The molecule has 3 amide bonds. The van der Waals surface area contributed by atoms with Crippen molar-refractivity contribution in [3.05, 3.63) is 0 Å². The Balaban J connectivity index is 1.93. The van der Waals surface area contributed by atoms with Gasteiger partial charge in [-0.25, -0.2) is 4.79 Å². The van der Waals surface area contributed by atoms with Crippen LogP contribution in [0.4, 0.5) is 4.79 Å². The lowest BCUT2D eigenvalue weighted by Gasteiger charge is -2.33. The van der Waals surface area contributed by atoms with E-state index in [1.54, 1.807) is 23.9 Å². The van der Waals surface area contributed by atoms with Crippen molar-refractivity contribution in [2.24, 2.45) is 11.8 Å². The Morgan fingerprint density at radius 1 is 1.35 bits per heavy atom. The Morgan fingerprint density at radius 3 is 2.65 bits per heavy atom. The molecule has 6 heteroatoms. The first-order valence-electron chi connectivity index (χ1n) is 7.28. The van der Waals surface area contributed by atoms with Crippen LogP contribution in [0.1, 0.15) is 20.3 Å². The molecule has 3 atom stereocenters. The highest BCUT2D eigenvalue weighted by atomic mass is 16.5. The molecule has 2 aliphatic rings. The topological polar surface area (TPSA) is 61.9 Å². The highest BCUT2D eigenvalue weighted by Crippen LogP contribution is 2.32. The Bertz CT molecular complexity index is 384. The number of fused-ring (bicyclic) bond motifs is 2. The van der Waals surface area contributed by atoms with Gasteiger partial charge in [0.1, 0.15) is 0 Å². The highest BCUT2D eigenvalue weighted by Gasteiger charge is 2.46. The zero-order valence-electron chi connectivity index (χ0n) is 12.8. The van der Waals surface area contributed by atoms with E-state index in [0.29, 0.717) is 25.6 Å². The second-order valence-corrected chi connectivity index (χ2v) is 6.36. The molecule has 2 heterocycles. The molecular weight excluding hydrogens is 258 g/mol. The lowest BCUT2D eigenvalue weighted by Crippen LogP contribution is -2.51. The summed E-state index contributed by atoms with van der Waals surface area (Å²) in [6.45, 7) is 5.89. The number of rotatable bonds is 3. The zero-order valence-corrected chi connectivity index (χ0v) is 12.8. The van der Waals surface area contributed by atoms with Crippen LogP contribution in [-0.2, 0) is 9.53 Å². The average molecular weight is 283 g/mol. The van der Waals surface area contributed by atoms with E-state index < -0.39 is 0 Å². The summed E-state index contributed by atoms with van der Waals surface area (Å²) in [6, 6.07) is -0.0463. The number of hydrogen-bond acceptors (Lipinski definition) is 3. The molecule has 0 aliphatic carbocycles. The summed E-state index contributed by atoms with van der Waals surface area (Å²) in [5, 5.41) is 2.92. The number of ether oxygens (including phenoxy) is 1. The van der Waals surface area contributed by atoms with E-state index in [0.717, 1.165) is 6.42 Å². The van der Waals surface area contributed by atoms with E-state index in [4.69, 9.17) is 4.74 Å². The minimum absolute atomic E-state index is 0.00699. The van der Waals surface area contributed by atoms with Gasteiger partial charge in [0.05, 0.1) is 18.1 Å². The fraction of sp³-hybridized carbons (Fsp3) is 0.857. The molecule has 2 fully saturated rings. The number of amides is 3. The van der Waals surface area contributed by atoms with Gasteiger partial charge < -0.3 is 19.9 Å². The van der Waals surface area contributed by atoms with Gasteiger partial charge in [-0.05, 0) is 12.3 Å². The summed E-state index contributed by atoms with van der Waals surface area (Å²) >= 11 is 0. The third kappa shape index (κ3) is 3.23. The van der Waals surface area contributed by atoms with Gasteiger partial charge in [0.25, 0.3) is 0 Å². The van der Waals surface area contributed by atoms with Crippen LogP contribution in [0.5, 0.6) is 0 Å². The van der Waals surface area contributed by atoms with E-state index >= 15 is 0 Å². The van der Waals surface area contributed by atoms with Crippen molar-refractivity contribution >= 4 is 11.9 Å². The van der Waals surface area contributed by atoms with Crippen LogP contribution in [-0.4, -0.2) is 67.7 Å². The Labute approximate surface area is 120 Å². The molecule has 0 spiro atoms. The molecule has 1 N–H and O–H groups in total. The molecule has 20 heavy (non-hydrogen) atoms. The highest BCUT2D eigenvalue weighted by molar-refractivity contribution is 5.80. The molecule has 2 bridgehead atoms. The van der Waals surface area contributed by atoms with Gasteiger partial charge >= 0.3 is 6.03 Å². The average Bonchev–Trinajstić information content (AvgIpc) is 2.69. The van der Waals surface area contributed by atoms with Crippen molar-refractivity contribution in [3.8, 4) is 0 Å². The van der Waals surface area contributed by atoms with Crippen LogP contribution in [0.2, 0.25) is 0 Å². The molecule has 0 radical (unpaired) electrons. The quantitative estimate of drug-likeness (QED) is 0.822. The minimum Gasteiger partial charge on any atom is -0.370 e. The first kappa shape index (κ1) is 15.1. The van der Waals surface area contributed by atoms with E-state index in [9.17, 15) is 9.59 Å². The van der Waals surface area contributed by atoms with Gasteiger partial charge in [0.15, 0.2) is 0 Å². The molecule has 2 aliphatic heterocycles. The lowest BCUT2D eigenvalue weighted by atomic mass is 9.99. The predicted molar refractivity (Wildman–Crippen MR) is 75.3 cm³/mol. The summed E-state index contributed by atoms with van der Waals surface area (Å²) in [5.74, 6) is 0.416. The van der Waals surface area contributed by atoms with Crippen LogP contribution < -0.4 is 5.32 Å². The molecule has 0 saturated carbocycles. The second kappa shape index (κ2) is 5.99. The minimum atomic E-state index is -0.159. The number of carbonyl (C=O) groups is 2. The summed E-state index contributed by atoms with van der Waals surface area (Å²) in [5.41, 5.74) is 0. The molecule has 2 saturated heterocycles. The van der Waals surface area contributed by atoms with Crippen molar-refractivity contribution in [3.63, 3.8) is 0 Å². The Morgan fingerprint density at radius 2 is 2.05 bits per heavy atom. The fourth-order valence-corrected chi connectivity index (χ4v) is 2.82. The van der Waals surface area contributed by atoms with E-state index in [2.05, 4.69) is 19.2 Å². The molecular formula is C14H25N3O3. The molecule has 0 aromatic heterocycles. The number of hydrogen-bond donors (Lipinski definition) is 1. The monoisotopic (exact) mass is 283 g/mol. The van der Waals surface area contributed by atoms with Crippen LogP contribution in [0.25, 0.3) is 0 Å². The van der Waals surface area contributed by atoms with E-state index in [-0.39, 0.29) is 30.1 Å². The Hall–Kier alpha value is -1.30. The fourth-order valence-electron chi connectivity index (χ4n) is 2.82. The van der Waals surface area contributed by atoms with Gasteiger partial charge in [-0.15, -0.1) is 0 Å². The smallest absolute Gasteiger partial charge is 0.317 e. The molecule has 114 valence electrons. The number of nitrogens with zero attached hydrogens (tertiary/aromatic N) is 2. The number of urea groups is 1. The van der Waals surface area contributed by atoms with Gasteiger partial charge in [0.2, 0.25) is 5.91 Å². The number of likely N-dealkylation sites (tertiary alicyclic amines) is 1. The Kier molecular flexibility index (Phi) is 4.52. The maximum atomic E-state index is 12.1. The molecule has 0 unspecified atom stereocenters. The van der Waals surface area contributed by atoms with Crippen LogP contribution in [0.15, 0.2) is 0 Å². The normalized spacial score (nSPS) is 28.6. The maximum Gasteiger partial charge on any atom is 0.317 e. The summed E-state index contributed by atoms with van der Waals surface area (Å²) in [7, 11) is 3.52. The van der Waals surface area contributed by atoms with Gasteiger partial charge in [-0.3, -0.25) is 4.79 Å². The first-order valence-corrected chi connectivity index (χ1v) is 7.28. The standard InChI is InChI=1S/C14H25N3O3/c1-9(2)6-15-14(19)17-7-10-5-11(12(8-17)20-10)13(18)16(3)4/h9-12H,5-8H2,1-4H3,(H,15,19)/t10-,11-,12-/m1/s1. The van der Waals surface area contributed by atoms with Crippen molar-refractivity contribution < 1.29 is 14.3 Å². The summed E-state index contributed by atoms with van der Waals surface area (Å²) in [6.07, 6.45) is 0.552. The van der Waals surface area contributed by atoms with E-state index in [1.807, 2.05) is 0 Å². The lowest BCUT2D eigenvalue weighted by molar-refractivity contribution is -0.135. The maximum absolute atomic E-state index is 12.1. The third-order valence-electron chi connectivity index (χ3n) is 3.86. The van der Waals surface area contributed by atoms with Gasteiger partial charge in [0, 0.05) is 33.7 Å². The molecule has 2 rings (SSSR count).